The minimum absolute atomic E-state index is 0.124. The van der Waals surface area contributed by atoms with E-state index < -0.39 is 5.91 Å². The molecule has 0 fully saturated rings. The third-order valence-corrected chi connectivity index (χ3v) is 1.57. The topological polar surface area (TPSA) is 63.3 Å². The summed E-state index contributed by atoms with van der Waals surface area (Å²) >= 11 is 0. The highest BCUT2D eigenvalue weighted by atomic mass is 16.3. The Morgan fingerprint density at radius 2 is 2.09 bits per heavy atom. The van der Waals surface area contributed by atoms with Crippen LogP contribution < -0.4 is 5.73 Å². The van der Waals surface area contributed by atoms with Crippen molar-refractivity contribution >= 4 is 5.91 Å². The van der Waals surface area contributed by atoms with E-state index in [1.807, 2.05) is 6.92 Å². The summed E-state index contributed by atoms with van der Waals surface area (Å²) < 4.78 is 0. The molecule has 0 rings (SSSR count). The lowest BCUT2D eigenvalue weighted by Gasteiger charge is -2.00. The molecule has 3 nitrogen and oxygen atoms in total. The van der Waals surface area contributed by atoms with Gasteiger partial charge in [-0.25, -0.2) is 0 Å². The lowest BCUT2D eigenvalue weighted by Crippen LogP contribution is -2.13. The third-order valence-electron chi connectivity index (χ3n) is 1.57. The van der Waals surface area contributed by atoms with Gasteiger partial charge in [0.25, 0.3) is 0 Å². The van der Waals surface area contributed by atoms with Crippen LogP contribution in [0.5, 0.6) is 0 Å². The van der Waals surface area contributed by atoms with Crippen LogP contribution in [0.15, 0.2) is 11.3 Å². The summed E-state index contributed by atoms with van der Waals surface area (Å²) in [6, 6.07) is 0. The molecule has 11 heavy (non-hydrogen) atoms. The van der Waals surface area contributed by atoms with E-state index in [1.54, 1.807) is 0 Å². The van der Waals surface area contributed by atoms with Crippen LogP contribution in [0.4, 0.5) is 0 Å². The molecule has 0 aliphatic heterocycles. The molecule has 0 heterocycles. The first-order valence-corrected chi connectivity index (χ1v) is 3.78. The van der Waals surface area contributed by atoms with E-state index >= 15 is 0 Å². The van der Waals surface area contributed by atoms with Gasteiger partial charge in [-0.3, -0.25) is 4.79 Å². The highest BCUT2D eigenvalue weighted by Gasteiger charge is 2.04. The van der Waals surface area contributed by atoms with Crippen LogP contribution in [0.3, 0.4) is 0 Å². The number of rotatable bonds is 4. The minimum Gasteiger partial charge on any atom is -0.512 e. The molecule has 0 aromatic carbocycles. The van der Waals surface area contributed by atoms with Gasteiger partial charge < -0.3 is 10.8 Å². The van der Waals surface area contributed by atoms with Gasteiger partial charge in [-0.2, -0.15) is 0 Å². The van der Waals surface area contributed by atoms with Gasteiger partial charge in [-0.15, -0.1) is 0 Å². The van der Waals surface area contributed by atoms with Gasteiger partial charge in [-0.05, 0) is 13.3 Å². The van der Waals surface area contributed by atoms with Gasteiger partial charge in [0, 0.05) is 6.42 Å². The first kappa shape index (κ1) is 10.0. The summed E-state index contributed by atoms with van der Waals surface area (Å²) in [5.74, 6) is -0.419. The van der Waals surface area contributed by atoms with E-state index in [1.165, 1.54) is 6.92 Å². The maximum atomic E-state index is 10.5. The van der Waals surface area contributed by atoms with Gasteiger partial charge in [0.15, 0.2) is 0 Å². The molecule has 0 saturated heterocycles. The number of amides is 1. The monoisotopic (exact) mass is 157 g/mol. The van der Waals surface area contributed by atoms with E-state index in [9.17, 15) is 9.90 Å². The van der Waals surface area contributed by atoms with E-state index in [-0.39, 0.29) is 11.3 Å². The summed E-state index contributed by atoms with van der Waals surface area (Å²) in [7, 11) is 0. The van der Waals surface area contributed by atoms with Crippen molar-refractivity contribution in [2.45, 2.75) is 33.1 Å². The first-order chi connectivity index (χ1) is 5.09. The molecule has 64 valence electrons. The quantitative estimate of drug-likeness (QED) is 0.479. The molecular formula is C8H15NO2. The molecule has 0 atom stereocenters. The van der Waals surface area contributed by atoms with Crippen molar-refractivity contribution in [2.75, 3.05) is 0 Å². The SMILES string of the molecule is CCCC/C(O)=C(/C)C(N)=O. The Morgan fingerprint density at radius 1 is 1.55 bits per heavy atom. The van der Waals surface area contributed by atoms with Crippen LogP contribution in [0.2, 0.25) is 0 Å². The average molecular weight is 157 g/mol. The van der Waals surface area contributed by atoms with Crippen LogP contribution in [0.1, 0.15) is 33.1 Å². The molecule has 3 heteroatoms. The maximum Gasteiger partial charge on any atom is 0.247 e. The second kappa shape index (κ2) is 4.77. The Labute approximate surface area is 66.9 Å². The van der Waals surface area contributed by atoms with Gasteiger partial charge in [0.1, 0.15) is 5.76 Å². The van der Waals surface area contributed by atoms with Crippen molar-refractivity contribution in [3.63, 3.8) is 0 Å². The second-order valence-electron chi connectivity index (χ2n) is 2.54. The molecule has 3 N–H and O–H groups in total. The number of allylic oxidation sites excluding steroid dienone is 1. The Balaban J connectivity index is 4.05. The Bertz CT molecular complexity index is 173. The molecule has 0 radical (unpaired) electrons. The lowest BCUT2D eigenvalue weighted by molar-refractivity contribution is -0.114. The standard InChI is InChI=1S/C8H15NO2/c1-3-4-5-7(10)6(2)8(9)11/h10H,3-5H2,1-2H3,(H2,9,11)/b7-6+. The fourth-order valence-corrected chi connectivity index (χ4v) is 0.674. The number of hydrogen-bond donors (Lipinski definition) is 2. The zero-order chi connectivity index (χ0) is 8.85. The zero-order valence-corrected chi connectivity index (χ0v) is 7.05. The van der Waals surface area contributed by atoms with Crippen LogP contribution in [-0.4, -0.2) is 11.0 Å². The highest BCUT2D eigenvalue weighted by Crippen LogP contribution is 2.08. The molecule has 0 spiro atoms. The fourth-order valence-electron chi connectivity index (χ4n) is 0.674. The third kappa shape index (κ3) is 3.65. The molecule has 1 amide bonds. The van der Waals surface area contributed by atoms with Gasteiger partial charge in [0.2, 0.25) is 5.91 Å². The number of carbonyl (C=O) groups excluding carboxylic acids is 1. The van der Waals surface area contributed by atoms with Crippen molar-refractivity contribution in [2.24, 2.45) is 5.73 Å². The Morgan fingerprint density at radius 3 is 2.45 bits per heavy atom. The molecule has 0 unspecified atom stereocenters. The molecule has 0 bridgehead atoms. The number of aliphatic hydroxyl groups excluding tert-OH is 1. The Hall–Kier alpha value is -0.990. The van der Waals surface area contributed by atoms with Crippen LogP contribution in [0.25, 0.3) is 0 Å². The molecule has 0 aromatic heterocycles. The number of unbranched alkanes of at least 4 members (excludes halogenated alkanes) is 1. The van der Waals surface area contributed by atoms with Gasteiger partial charge >= 0.3 is 0 Å². The molecule has 0 saturated carbocycles. The lowest BCUT2D eigenvalue weighted by atomic mass is 10.1. The average Bonchev–Trinajstić information content (AvgIpc) is 1.98. The highest BCUT2D eigenvalue weighted by molar-refractivity contribution is 5.91. The summed E-state index contributed by atoms with van der Waals surface area (Å²) in [6.45, 7) is 3.56. The van der Waals surface area contributed by atoms with Crippen LogP contribution in [0, 0.1) is 0 Å². The zero-order valence-electron chi connectivity index (χ0n) is 7.05. The van der Waals surface area contributed by atoms with Crippen molar-refractivity contribution in [1.29, 1.82) is 0 Å². The number of aliphatic hydroxyl groups is 1. The summed E-state index contributed by atoms with van der Waals surface area (Å²) in [4.78, 5) is 10.5. The summed E-state index contributed by atoms with van der Waals surface area (Å²) in [5, 5.41) is 9.20. The van der Waals surface area contributed by atoms with E-state index in [0.717, 1.165) is 12.8 Å². The number of carbonyl (C=O) groups is 1. The Kier molecular flexibility index (Phi) is 4.34. The summed E-state index contributed by atoms with van der Waals surface area (Å²) in [6.07, 6.45) is 2.43. The molecule has 0 aromatic rings. The summed E-state index contributed by atoms with van der Waals surface area (Å²) in [5.41, 5.74) is 5.23. The second-order valence-corrected chi connectivity index (χ2v) is 2.54. The normalized spacial score (nSPS) is 12.5. The van der Waals surface area contributed by atoms with Crippen molar-refractivity contribution in [3.05, 3.63) is 11.3 Å². The van der Waals surface area contributed by atoms with Gasteiger partial charge in [0.05, 0.1) is 5.57 Å². The van der Waals surface area contributed by atoms with Crippen LogP contribution in [-0.2, 0) is 4.79 Å². The fraction of sp³-hybridized carbons (Fsp3) is 0.625. The molecule has 0 aliphatic carbocycles. The molecule has 0 aliphatic rings. The first-order valence-electron chi connectivity index (χ1n) is 3.78. The minimum atomic E-state index is -0.543. The molecular weight excluding hydrogens is 142 g/mol. The van der Waals surface area contributed by atoms with Crippen LogP contribution >= 0.6 is 0 Å². The smallest absolute Gasteiger partial charge is 0.247 e. The predicted octanol–water partition coefficient (Wildman–Crippen LogP) is 1.49. The number of primary amides is 1. The van der Waals surface area contributed by atoms with Crippen molar-refractivity contribution < 1.29 is 9.90 Å². The van der Waals surface area contributed by atoms with Gasteiger partial charge in [-0.1, -0.05) is 13.3 Å². The number of nitrogens with two attached hydrogens (primary N) is 1. The number of hydrogen-bond acceptors (Lipinski definition) is 2. The van der Waals surface area contributed by atoms with Crippen molar-refractivity contribution in [3.8, 4) is 0 Å². The predicted molar refractivity (Wildman–Crippen MR) is 44.0 cm³/mol. The maximum absolute atomic E-state index is 10.5. The van der Waals surface area contributed by atoms with Crippen molar-refractivity contribution in [1.82, 2.24) is 0 Å². The van der Waals surface area contributed by atoms with E-state index in [2.05, 4.69) is 0 Å². The van der Waals surface area contributed by atoms with E-state index in [4.69, 9.17) is 5.73 Å². The van der Waals surface area contributed by atoms with E-state index in [0.29, 0.717) is 6.42 Å². The largest absolute Gasteiger partial charge is 0.512 e.